The van der Waals surface area contributed by atoms with E-state index in [9.17, 15) is 4.79 Å². The number of aromatic nitrogens is 2. The highest BCUT2D eigenvalue weighted by molar-refractivity contribution is 5.97. The first-order valence-corrected chi connectivity index (χ1v) is 8.70. The third-order valence-corrected chi connectivity index (χ3v) is 4.74. The standard InChI is InChI=1S/C20H22N4O.2ClH/c1-14-13-23(11-10-21-14)20(25)16-8-9-19-18(12-16)22-15(2)24(19)17-6-4-3-5-7-17;;/h3-9,12,14,21H,10-11,13H2,1-2H3;2*1H. The highest BCUT2D eigenvalue weighted by Gasteiger charge is 2.22. The van der Waals surface area contributed by atoms with Crippen molar-refractivity contribution < 1.29 is 4.79 Å². The van der Waals surface area contributed by atoms with Gasteiger partial charge in [-0.05, 0) is 44.2 Å². The Bertz CT molecular complexity index is 926. The highest BCUT2D eigenvalue weighted by atomic mass is 35.5. The van der Waals surface area contributed by atoms with E-state index in [1.807, 2.05) is 48.2 Å². The van der Waals surface area contributed by atoms with Gasteiger partial charge in [0.2, 0.25) is 0 Å². The van der Waals surface area contributed by atoms with Crippen LogP contribution in [0.15, 0.2) is 48.5 Å². The lowest BCUT2D eigenvalue weighted by Gasteiger charge is -2.31. The van der Waals surface area contributed by atoms with Crippen molar-refractivity contribution in [1.82, 2.24) is 19.8 Å². The van der Waals surface area contributed by atoms with E-state index in [0.29, 0.717) is 11.6 Å². The molecule has 0 bridgehead atoms. The van der Waals surface area contributed by atoms with Crippen LogP contribution in [0.25, 0.3) is 16.7 Å². The van der Waals surface area contributed by atoms with Crippen LogP contribution < -0.4 is 5.32 Å². The van der Waals surface area contributed by atoms with Gasteiger partial charge in [-0.25, -0.2) is 4.98 Å². The van der Waals surface area contributed by atoms with Gasteiger partial charge in [-0.3, -0.25) is 9.36 Å². The number of piperazine rings is 1. The minimum atomic E-state index is 0. The summed E-state index contributed by atoms with van der Waals surface area (Å²) in [4.78, 5) is 19.4. The molecule has 2 heterocycles. The van der Waals surface area contributed by atoms with Crippen molar-refractivity contribution in [1.29, 1.82) is 0 Å². The molecule has 1 saturated heterocycles. The normalized spacial score (nSPS) is 16.5. The first-order valence-electron chi connectivity index (χ1n) is 8.70. The predicted molar refractivity (Wildman–Crippen MR) is 114 cm³/mol. The number of aryl methyl sites for hydroxylation is 1. The molecule has 0 saturated carbocycles. The number of hydrogen-bond acceptors (Lipinski definition) is 3. The molecule has 0 spiro atoms. The summed E-state index contributed by atoms with van der Waals surface area (Å²) in [6, 6.07) is 16.3. The molecule has 1 amide bonds. The van der Waals surface area contributed by atoms with Gasteiger partial charge in [-0.15, -0.1) is 24.8 Å². The van der Waals surface area contributed by atoms with Gasteiger partial charge in [-0.1, -0.05) is 18.2 Å². The number of nitrogens with one attached hydrogen (secondary N) is 1. The molecule has 1 aliphatic rings. The molecule has 1 fully saturated rings. The van der Waals surface area contributed by atoms with Crippen LogP contribution in [0.4, 0.5) is 0 Å². The summed E-state index contributed by atoms with van der Waals surface area (Å²) in [7, 11) is 0. The molecule has 1 aromatic heterocycles. The van der Waals surface area contributed by atoms with Crippen LogP contribution in [0.3, 0.4) is 0 Å². The molecule has 7 heteroatoms. The van der Waals surface area contributed by atoms with Crippen LogP contribution in [0.5, 0.6) is 0 Å². The molecule has 144 valence electrons. The lowest BCUT2D eigenvalue weighted by atomic mass is 10.1. The molecule has 0 aliphatic carbocycles. The van der Waals surface area contributed by atoms with Gasteiger partial charge < -0.3 is 10.2 Å². The number of halogens is 2. The number of hydrogen-bond donors (Lipinski definition) is 1. The third kappa shape index (κ3) is 4.10. The zero-order chi connectivity index (χ0) is 17.4. The Morgan fingerprint density at radius 2 is 1.89 bits per heavy atom. The SMILES string of the molecule is Cc1nc2cc(C(=O)N3CCNC(C)C3)ccc2n1-c1ccccc1.Cl.Cl. The van der Waals surface area contributed by atoms with E-state index in [1.165, 1.54) is 0 Å². The maximum absolute atomic E-state index is 12.8. The molecule has 2 aromatic carbocycles. The summed E-state index contributed by atoms with van der Waals surface area (Å²) in [5.74, 6) is 1.00. The second kappa shape index (κ2) is 8.74. The Morgan fingerprint density at radius 1 is 1.15 bits per heavy atom. The minimum Gasteiger partial charge on any atom is -0.336 e. The van der Waals surface area contributed by atoms with Crippen LogP contribution in [-0.4, -0.2) is 46.0 Å². The summed E-state index contributed by atoms with van der Waals surface area (Å²) in [6.45, 7) is 6.43. The van der Waals surface area contributed by atoms with Crippen molar-refractivity contribution in [3.63, 3.8) is 0 Å². The summed E-state index contributed by atoms with van der Waals surface area (Å²) >= 11 is 0. The van der Waals surface area contributed by atoms with Crippen LogP contribution >= 0.6 is 24.8 Å². The van der Waals surface area contributed by atoms with Crippen LogP contribution in [0.2, 0.25) is 0 Å². The van der Waals surface area contributed by atoms with E-state index < -0.39 is 0 Å². The lowest BCUT2D eigenvalue weighted by molar-refractivity contribution is 0.0709. The average molecular weight is 407 g/mol. The Kier molecular flexibility index (Phi) is 6.87. The number of carbonyl (C=O) groups excluding carboxylic acids is 1. The maximum Gasteiger partial charge on any atom is 0.254 e. The smallest absolute Gasteiger partial charge is 0.254 e. The van der Waals surface area contributed by atoms with Gasteiger partial charge in [0.15, 0.2) is 0 Å². The lowest BCUT2D eigenvalue weighted by Crippen LogP contribution is -2.51. The molecular formula is C20H24Cl2N4O. The average Bonchev–Trinajstić information content (AvgIpc) is 2.96. The van der Waals surface area contributed by atoms with Gasteiger partial charge in [0.1, 0.15) is 5.82 Å². The van der Waals surface area contributed by atoms with Gasteiger partial charge >= 0.3 is 0 Å². The van der Waals surface area contributed by atoms with Gasteiger partial charge in [0, 0.05) is 36.9 Å². The number of para-hydroxylation sites is 1. The second-order valence-electron chi connectivity index (χ2n) is 6.64. The monoisotopic (exact) mass is 406 g/mol. The van der Waals surface area contributed by atoms with Crippen LogP contribution in [-0.2, 0) is 0 Å². The fraction of sp³-hybridized carbons (Fsp3) is 0.300. The van der Waals surface area contributed by atoms with E-state index in [-0.39, 0.29) is 30.7 Å². The van der Waals surface area contributed by atoms with Crippen molar-refractivity contribution in [2.45, 2.75) is 19.9 Å². The number of benzene rings is 2. The Balaban J connectivity index is 0.00000131. The minimum absolute atomic E-state index is 0. The van der Waals surface area contributed by atoms with Gasteiger partial charge in [-0.2, -0.15) is 0 Å². The van der Waals surface area contributed by atoms with E-state index >= 15 is 0 Å². The molecule has 5 nitrogen and oxygen atoms in total. The van der Waals surface area contributed by atoms with Crippen molar-refractivity contribution >= 4 is 41.8 Å². The fourth-order valence-corrected chi connectivity index (χ4v) is 3.54. The molecule has 27 heavy (non-hydrogen) atoms. The van der Waals surface area contributed by atoms with Crippen LogP contribution in [0, 0.1) is 6.92 Å². The summed E-state index contributed by atoms with van der Waals surface area (Å²) < 4.78 is 2.12. The molecule has 3 aromatic rings. The van der Waals surface area contributed by atoms with E-state index in [2.05, 4.69) is 33.9 Å². The van der Waals surface area contributed by atoms with E-state index in [4.69, 9.17) is 0 Å². The van der Waals surface area contributed by atoms with Crippen LogP contribution in [0.1, 0.15) is 23.1 Å². The molecule has 1 N–H and O–H groups in total. The number of nitrogens with zero attached hydrogens (tertiary/aromatic N) is 3. The third-order valence-electron chi connectivity index (χ3n) is 4.74. The van der Waals surface area contributed by atoms with E-state index in [1.54, 1.807) is 0 Å². The predicted octanol–water partition coefficient (Wildman–Crippen LogP) is 3.61. The number of rotatable bonds is 2. The number of fused-ring (bicyclic) bond motifs is 1. The Labute approximate surface area is 171 Å². The maximum atomic E-state index is 12.8. The molecule has 1 atom stereocenters. The highest BCUT2D eigenvalue weighted by Crippen LogP contribution is 2.23. The number of amides is 1. The summed E-state index contributed by atoms with van der Waals surface area (Å²) in [6.07, 6.45) is 0. The Hall–Kier alpha value is -2.08. The van der Waals surface area contributed by atoms with Crippen molar-refractivity contribution in [3.8, 4) is 5.69 Å². The first kappa shape index (κ1) is 21.2. The molecule has 1 aliphatic heterocycles. The number of carbonyl (C=O) groups is 1. The summed E-state index contributed by atoms with van der Waals surface area (Å²) in [5.41, 5.74) is 3.67. The zero-order valence-electron chi connectivity index (χ0n) is 15.4. The van der Waals surface area contributed by atoms with Gasteiger partial charge in [0.25, 0.3) is 5.91 Å². The fourth-order valence-electron chi connectivity index (χ4n) is 3.54. The van der Waals surface area contributed by atoms with Crippen molar-refractivity contribution in [2.75, 3.05) is 19.6 Å². The van der Waals surface area contributed by atoms with Crippen molar-refractivity contribution in [3.05, 3.63) is 59.9 Å². The Morgan fingerprint density at radius 3 is 2.59 bits per heavy atom. The van der Waals surface area contributed by atoms with Crippen molar-refractivity contribution in [2.24, 2.45) is 0 Å². The summed E-state index contributed by atoms with van der Waals surface area (Å²) in [5, 5.41) is 3.37. The molecule has 4 rings (SSSR count). The van der Waals surface area contributed by atoms with Gasteiger partial charge in [0.05, 0.1) is 11.0 Å². The topological polar surface area (TPSA) is 50.2 Å². The number of imidazole rings is 1. The second-order valence-corrected chi connectivity index (χ2v) is 6.64. The first-order chi connectivity index (χ1) is 12.1. The largest absolute Gasteiger partial charge is 0.336 e. The van der Waals surface area contributed by atoms with E-state index in [0.717, 1.165) is 42.2 Å². The quantitative estimate of drug-likeness (QED) is 0.706. The zero-order valence-corrected chi connectivity index (χ0v) is 17.0. The molecule has 0 radical (unpaired) electrons. The molecule has 1 unspecified atom stereocenters. The molecular weight excluding hydrogens is 383 g/mol.